The van der Waals surface area contributed by atoms with Gasteiger partial charge >= 0.3 is 5.97 Å². The zero-order valence-electron chi connectivity index (χ0n) is 12.4. The zero-order chi connectivity index (χ0) is 15.2. The van der Waals surface area contributed by atoms with Crippen molar-refractivity contribution in [3.63, 3.8) is 0 Å². The van der Waals surface area contributed by atoms with Crippen LogP contribution in [-0.2, 0) is 11.2 Å². The summed E-state index contributed by atoms with van der Waals surface area (Å²) in [5.41, 5.74) is 2.78. The van der Waals surface area contributed by atoms with Crippen LogP contribution in [0.1, 0.15) is 26.0 Å². The molecule has 1 N–H and O–H groups in total. The molecule has 0 fully saturated rings. The lowest BCUT2D eigenvalue weighted by Gasteiger charge is -2.21. The summed E-state index contributed by atoms with van der Waals surface area (Å²) in [6, 6.07) is 8.09. The van der Waals surface area contributed by atoms with Crippen molar-refractivity contribution in [2.24, 2.45) is 0 Å². The molecule has 0 spiro atoms. The van der Waals surface area contributed by atoms with E-state index in [1.165, 1.54) is 5.69 Å². The molecular formula is C15H20N4O2. The number of aryl methyl sites for hydroxylation is 1. The number of anilines is 1. The first-order chi connectivity index (χ1) is 10.1. The second kappa shape index (κ2) is 6.88. The highest BCUT2D eigenvalue weighted by molar-refractivity contribution is 5.66. The SMILES string of the molecule is CCN(CC)c1ccc(-n2cc(CCC(=O)O)nn2)cc1. The van der Waals surface area contributed by atoms with E-state index in [-0.39, 0.29) is 6.42 Å². The molecule has 6 nitrogen and oxygen atoms in total. The minimum Gasteiger partial charge on any atom is -0.481 e. The summed E-state index contributed by atoms with van der Waals surface area (Å²) < 4.78 is 1.67. The van der Waals surface area contributed by atoms with E-state index in [0.717, 1.165) is 18.8 Å². The number of carboxylic acid groups (broad SMARTS) is 1. The van der Waals surface area contributed by atoms with Crippen molar-refractivity contribution in [2.75, 3.05) is 18.0 Å². The lowest BCUT2D eigenvalue weighted by Crippen LogP contribution is -2.21. The Morgan fingerprint density at radius 2 is 1.90 bits per heavy atom. The molecule has 0 unspecified atom stereocenters. The molecule has 0 amide bonds. The van der Waals surface area contributed by atoms with Gasteiger partial charge in [0.25, 0.3) is 0 Å². The fourth-order valence-corrected chi connectivity index (χ4v) is 2.18. The Morgan fingerprint density at radius 3 is 2.48 bits per heavy atom. The highest BCUT2D eigenvalue weighted by Crippen LogP contribution is 2.17. The highest BCUT2D eigenvalue weighted by atomic mass is 16.4. The maximum absolute atomic E-state index is 10.5. The summed E-state index contributed by atoms with van der Waals surface area (Å²) in [5.74, 6) is -0.826. The summed E-state index contributed by atoms with van der Waals surface area (Å²) >= 11 is 0. The third-order valence-electron chi connectivity index (χ3n) is 3.38. The summed E-state index contributed by atoms with van der Waals surface area (Å²) in [6.45, 7) is 6.20. The second-order valence-electron chi connectivity index (χ2n) is 4.74. The molecular weight excluding hydrogens is 268 g/mol. The van der Waals surface area contributed by atoms with Gasteiger partial charge in [-0.15, -0.1) is 5.10 Å². The van der Waals surface area contributed by atoms with Gasteiger partial charge in [0.1, 0.15) is 0 Å². The van der Waals surface area contributed by atoms with Gasteiger partial charge in [0.05, 0.1) is 24.0 Å². The highest BCUT2D eigenvalue weighted by Gasteiger charge is 2.06. The number of nitrogens with zero attached hydrogens (tertiary/aromatic N) is 4. The van der Waals surface area contributed by atoms with E-state index in [0.29, 0.717) is 12.1 Å². The van der Waals surface area contributed by atoms with Crippen molar-refractivity contribution in [2.45, 2.75) is 26.7 Å². The average molecular weight is 288 g/mol. The molecule has 1 aromatic carbocycles. The van der Waals surface area contributed by atoms with Crippen LogP contribution in [0, 0.1) is 0 Å². The fourth-order valence-electron chi connectivity index (χ4n) is 2.18. The number of carbonyl (C=O) groups is 1. The number of hydrogen-bond acceptors (Lipinski definition) is 4. The van der Waals surface area contributed by atoms with Crippen LogP contribution in [0.4, 0.5) is 5.69 Å². The lowest BCUT2D eigenvalue weighted by atomic mass is 10.2. The number of hydrogen-bond donors (Lipinski definition) is 1. The van der Waals surface area contributed by atoms with Gasteiger partial charge in [0, 0.05) is 25.2 Å². The fraction of sp³-hybridized carbons (Fsp3) is 0.400. The first-order valence-corrected chi connectivity index (χ1v) is 7.12. The Labute approximate surface area is 124 Å². The van der Waals surface area contributed by atoms with Crippen LogP contribution in [0.15, 0.2) is 30.5 Å². The summed E-state index contributed by atoms with van der Waals surface area (Å²) in [7, 11) is 0. The van der Waals surface area contributed by atoms with Crippen molar-refractivity contribution in [1.29, 1.82) is 0 Å². The third kappa shape index (κ3) is 3.81. The number of carboxylic acids is 1. The maximum Gasteiger partial charge on any atom is 0.303 e. The monoisotopic (exact) mass is 288 g/mol. The van der Waals surface area contributed by atoms with Gasteiger partial charge in [0.15, 0.2) is 0 Å². The summed E-state index contributed by atoms with van der Waals surface area (Å²) in [6.07, 6.45) is 2.24. The van der Waals surface area contributed by atoms with E-state index in [1.807, 2.05) is 12.1 Å². The Morgan fingerprint density at radius 1 is 1.24 bits per heavy atom. The average Bonchev–Trinajstić information content (AvgIpc) is 2.96. The van der Waals surface area contributed by atoms with Crippen LogP contribution in [-0.4, -0.2) is 39.2 Å². The van der Waals surface area contributed by atoms with Crippen LogP contribution in [0.2, 0.25) is 0 Å². The molecule has 0 aliphatic carbocycles. The third-order valence-corrected chi connectivity index (χ3v) is 3.38. The molecule has 1 heterocycles. The van der Waals surface area contributed by atoms with Gasteiger partial charge in [-0.05, 0) is 38.1 Å². The van der Waals surface area contributed by atoms with Gasteiger partial charge in [-0.2, -0.15) is 0 Å². The molecule has 0 radical (unpaired) electrons. The van der Waals surface area contributed by atoms with Crippen molar-refractivity contribution in [3.8, 4) is 5.69 Å². The number of rotatable bonds is 7. The van der Waals surface area contributed by atoms with Crippen LogP contribution >= 0.6 is 0 Å². The first kappa shape index (κ1) is 15.0. The largest absolute Gasteiger partial charge is 0.481 e. The first-order valence-electron chi connectivity index (χ1n) is 7.12. The molecule has 0 bridgehead atoms. The Hall–Kier alpha value is -2.37. The maximum atomic E-state index is 10.5. The predicted octanol–water partition coefficient (Wildman–Crippen LogP) is 2.13. The standard InChI is InChI=1S/C15H20N4O2/c1-3-18(4-2)13-6-8-14(9-7-13)19-11-12(16-17-19)5-10-15(20)21/h6-9,11H,3-5,10H2,1-2H3,(H,20,21). The van der Waals surface area contributed by atoms with Gasteiger partial charge < -0.3 is 10.0 Å². The van der Waals surface area contributed by atoms with Gasteiger partial charge in [-0.25, -0.2) is 4.68 Å². The van der Waals surface area contributed by atoms with Crippen molar-refractivity contribution >= 4 is 11.7 Å². The lowest BCUT2D eigenvalue weighted by molar-refractivity contribution is -0.136. The Bertz CT molecular complexity index is 588. The molecule has 0 saturated heterocycles. The molecule has 112 valence electrons. The van der Waals surface area contributed by atoms with Crippen LogP contribution in [0.25, 0.3) is 5.69 Å². The molecule has 0 atom stereocenters. The normalized spacial score (nSPS) is 10.6. The smallest absolute Gasteiger partial charge is 0.303 e. The minimum absolute atomic E-state index is 0.0690. The number of aromatic nitrogens is 3. The minimum atomic E-state index is -0.826. The van der Waals surface area contributed by atoms with Crippen molar-refractivity contribution < 1.29 is 9.90 Å². The van der Waals surface area contributed by atoms with Crippen molar-refractivity contribution in [3.05, 3.63) is 36.2 Å². The quantitative estimate of drug-likeness (QED) is 0.845. The number of benzene rings is 1. The predicted molar refractivity (Wildman–Crippen MR) is 80.9 cm³/mol. The molecule has 21 heavy (non-hydrogen) atoms. The van der Waals surface area contributed by atoms with E-state index in [4.69, 9.17) is 5.11 Å². The van der Waals surface area contributed by atoms with E-state index in [1.54, 1.807) is 10.9 Å². The van der Waals surface area contributed by atoms with E-state index >= 15 is 0 Å². The van der Waals surface area contributed by atoms with Gasteiger partial charge in [-0.1, -0.05) is 5.21 Å². The summed E-state index contributed by atoms with van der Waals surface area (Å²) in [5, 5.41) is 16.7. The molecule has 6 heteroatoms. The van der Waals surface area contributed by atoms with Crippen LogP contribution in [0.3, 0.4) is 0 Å². The van der Waals surface area contributed by atoms with E-state index in [9.17, 15) is 4.79 Å². The second-order valence-corrected chi connectivity index (χ2v) is 4.74. The molecule has 2 aromatic rings. The van der Waals surface area contributed by atoms with E-state index in [2.05, 4.69) is 41.2 Å². The van der Waals surface area contributed by atoms with Crippen molar-refractivity contribution in [1.82, 2.24) is 15.0 Å². The number of aliphatic carboxylic acids is 1. The van der Waals surface area contributed by atoms with Crippen LogP contribution < -0.4 is 4.90 Å². The topological polar surface area (TPSA) is 71.2 Å². The van der Waals surface area contributed by atoms with Crippen LogP contribution in [0.5, 0.6) is 0 Å². The molecule has 2 rings (SSSR count). The molecule has 0 saturated carbocycles. The van der Waals surface area contributed by atoms with Gasteiger partial charge in [0.2, 0.25) is 0 Å². The summed E-state index contributed by atoms with van der Waals surface area (Å²) in [4.78, 5) is 12.8. The zero-order valence-corrected chi connectivity index (χ0v) is 12.4. The Kier molecular flexibility index (Phi) is 4.92. The molecule has 0 aliphatic heterocycles. The Balaban J connectivity index is 2.10. The molecule has 0 aliphatic rings. The van der Waals surface area contributed by atoms with Gasteiger partial charge in [-0.3, -0.25) is 4.79 Å². The molecule has 1 aromatic heterocycles. The van der Waals surface area contributed by atoms with E-state index < -0.39 is 5.97 Å².